The quantitative estimate of drug-likeness (QED) is 0.754. The van der Waals surface area contributed by atoms with Crippen LogP contribution in [-0.4, -0.2) is 19.6 Å². The van der Waals surface area contributed by atoms with Crippen LogP contribution in [-0.2, 0) is 6.54 Å². The molecule has 1 N–H and O–H groups in total. The van der Waals surface area contributed by atoms with Crippen LogP contribution in [0.5, 0.6) is 0 Å². The van der Waals surface area contributed by atoms with E-state index in [9.17, 15) is 0 Å². The van der Waals surface area contributed by atoms with Gasteiger partial charge in [0.05, 0.1) is 0 Å². The molecule has 0 saturated carbocycles. The number of aromatic nitrogens is 4. The number of benzene rings is 1. The molecule has 3 rings (SSSR count). The highest BCUT2D eigenvalue weighted by Gasteiger charge is 2.12. The Balaban J connectivity index is 1.97. The molecule has 0 bridgehead atoms. The highest BCUT2D eigenvalue weighted by molar-refractivity contribution is 6.31. The fourth-order valence-corrected chi connectivity index (χ4v) is 2.29. The molecule has 0 aliphatic heterocycles. The number of rotatable bonds is 3. The third-order valence-electron chi connectivity index (χ3n) is 3.01. The van der Waals surface area contributed by atoms with E-state index in [1.165, 1.54) is 6.33 Å². The number of anilines is 1. The van der Waals surface area contributed by atoms with Crippen LogP contribution in [0.3, 0.4) is 0 Å². The predicted octanol–water partition coefficient (Wildman–Crippen LogP) is 3.35. The second kappa shape index (κ2) is 5.26. The van der Waals surface area contributed by atoms with Gasteiger partial charge in [0.15, 0.2) is 0 Å². The van der Waals surface area contributed by atoms with E-state index in [0.717, 1.165) is 16.9 Å². The second-order valence-electron chi connectivity index (χ2n) is 4.29. The van der Waals surface area contributed by atoms with Crippen molar-refractivity contribution in [2.24, 2.45) is 0 Å². The summed E-state index contributed by atoms with van der Waals surface area (Å²) in [6.45, 7) is 2.45. The van der Waals surface area contributed by atoms with Crippen LogP contribution < -0.4 is 5.32 Å². The lowest BCUT2D eigenvalue weighted by molar-refractivity contribution is 0.914. The molecule has 0 saturated heterocycles. The maximum atomic E-state index is 6.15. The van der Waals surface area contributed by atoms with Crippen molar-refractivity contribution in [1.29, 1.82) is 0 Å². The van der Waals surface area contributed by atoms with E-state index in [1.807, 2.05) is 31.2 Å². The minimum atomic E-state index is 0.409. The molecule has 7 heteroatoms. The Labute approximate surface area is 125 Å². The fourth-order valence-electron chi connectivity index (χ4n) is 1.93. The average Bonchev–Trinajstić information content (AvgIpc) is 2.89. The van der Waals surface area contributed by atoms with E-state index in [0.29, 0.717) is 22.5 Å². The van der Waals surface area contributed by atoms with Crippen molar-refractivity contribution in [1.82, 2.24) is 19.6 Å². The maximum Gasteiger partial charge on any atom is 0.255 e. The van der Waals surface area contributed by atoms with Gasteiger partial charge in [-0.15, -0.1) is 0 Å². The first kappa shape index (κ1) is 13.1. The summed E-state index contributed by atoms with van der Waals surface area (Å²) in [7, 11) is 0. The van der Waals surface area contributed by atoms with Crippen molar-refractivity contribution in [2.75, 3.05) is 5.32 Å². The van der Waals surface area contributed by atoms with Crippen LogP contribution in [0.1, 0.15) is 11.1 Å². The first-order valence-electron chi connectivity index (χ1n) is 6.00. The molecule has 2 aromatic heterocycles. The van der Waals surface area contributed by atoms with Crippen molar-refractivity contribution in [3.8, 4) is 0 Å². The molecule has 102 valence electrons. The minimum Gasteiger partial charge on any atom is -0.365 e. The van der Waals surface area contributed by atoms with Crippen molar-refractivity contribution in [2.45, 2.75) is 13.5 Å². The maximum absolute atomic E-state index is 6.15. The largest absolute Gasteiger partial charge is 0.365 e. The molecule has 0 aliphatic rings. The molecule has 0 aliphatic carbocycles. The van der Waals surface area contributed by atoms with E-state index in [1.54, 1.807) is 4.52 Å². The summed E-state index contributed by atoms with van der Waals surface area (Å²) in [6, 6.07) is 7.67. The lowest BCUT2D eigenvalue weighted by atomic mass is 10.2. The third kappa shape index (κ3) is 2.30. The monoisotopic (exact) mass is 307 g/mol. The lowest BCUT2D eigenvalue weighted by Crippen LogP contribution is -2.09. The van der Waals surface area contributed by atoms with Crippen LogP contribution in [0.25, 0.3) is 5.78 Å². The van der Waals surface area contributed by atoms with Gasteiger partial charge in [0.2, 0.25) is 0 Å². The van der Waals surface area contributed by atoms with Gasteiger partial charge in [-0.1, -0.05) is 41.4 Å². The predicted molar refractivity (Wildman–Crippen MR) is 79.3 cm³/mol. The smallest absolute Gasteiger partial charge is 0.255 e. The Morgan fingerprint density at radius 3 is 2.85 bits per heavy atom. The Kier molecular flexibility index (Phi) is 3.46. The first-order valence-corrected chi connectivity index (χ1v) is 6.75. The van der Waals surface area contributed by atoms with E-state index < -0.39 is 0 Å². The van der Waals surface area contributed by atoms with Crippen molar-refractivity contribution < 1.29 is 0 Å². The lowest BCUT2D eigenvalue weighted by Gasteiger charge is -2.12. The zero-order chi connectivity index (χ0) is 14.1. The SMILES string of the molecule is Cc1c(Cl)nc2ncnn2c1NCc1ccccc1Cl. The minimum absolute atomic E-state index is 0.409. The zero-order valence-corrected chi connectivity index (χ0v) is 12.2. The van der Waals surface area contributed by atoms with Crippen LogP contribution in [0.15, 0.2) is 30.6 Å². The Morgan fingerprint density at radius 1 is 1.25 bits per heavy atom. The van der Waals surface area contributed by atoms with Gasteiger partial charge in [-0.2, -0.15) is 19.6 Å². The highest BCUT2D eigenvalue weighted by atomic mass is 35.5. The number of fused-ring (bicyclic) bond motifs is 1. The van der Waals surface area contributed by atoms with E-state index in [2.05, 4.69) is 20.4 Å². The molecular formula is C13H11Cl2N5. The molecule has 3 aromatic rings. The molecule has 0 atom stereocenters. The number of halogens is 2. The Morgan fingerprint density at radius 2 is 2.05 bits per heavy atom. The summed E-state index contributed by atoms with van der Waals surface area (Å²) in [5.74, 6) is 1.22. The standard InChI is InChI=1S/C13H11Cl2N5/c1-8-11(15)19-13-17-7-18-20(13)12(8)16-6-9-4-2-3-5-10(9)14/h2-5,7,16H,6H2,1H3. The van der Waals surface area contributed by atoms with Gasteiger partial charge in [0.1, 0.15) is 17.3 Å². The molecule has 0 unspecified atom stereocenters. The van der Waals surface area contributed by atoms with Gasteiger partial charge in [0.25, 0.3) is 5.78 Å². The summed E-state index contributed by atoms with van der Waals surface area (Å²) >= 11 is 12.2. The van der Waals surface area contributed by atoms with Crippen LogP contribution in [0.2, 0.25) is 10.2 Å². The number of nitrogens with zero attached hydrogens (tertiary/aromatic N) is 4. The number of hydrogen-bond donors (Lipinski definition) is 1. The van der Waals surface area contributed by atoms with E-state index in [-0.39, 0.29) is 0 Å². The molecule has 20 heavy (non-hydrogen) atoms. The summed E-state index contributed by atoms with van der Waals surface area (Å²) in [6.07, 6.45) is 1.44. The zero-order valence-electron chi connectivity index (χ0n) is 10.6. The molecule has 0 fully saturated rings. The van der Waals surface area contributed by atoms with E-state index >= 15 is 0 Å². The van der Waals surface area contributed by atoms with Gasteiger partial charge < -0.3 is 5.32 Å². The topological polar surface area (TPSA) is 55.1 Å². The van der Waals surface area contributed by atoms with Gasteiger partial charge in [-0.05, 0) is 18.6 Å². The van der Waals surface area contributed by atoms with Crippen molar-refractivity contribution >= 4 is 34.8 Å². The van der Waals surface area contributed by atoms with Gasteiger partial charge in [0, 0.05) is 17.1 Å². The summed E-state index contributed by atoms with van der Waals surface area (Å²) < 4.78 is 1.62. The van der Waals surface area contributed by atoms with E-state index in [4.69, 9.17) is 23.2 Å². The number of hydrogen-bond acceptors (Lipinski definition) is 4. The third-order valence-corrected chi connectivity index (χ3v) is 3.75. The van der Waals surface area contributed by atoms with Gasteiger partial charge in [-0.25, -0.2) is 0 Å². The Hall–Kier alpha value is -1.85. The van der Waals surface area contributed by atoms with Crippen molar-refractivity contribution in [3.05, 3.63) is 51.9 Å². The molecule has 0 spiro atoms. The first-order chi connectivity index (χ1) is 9.66. The molecule has 1 aromatic carbocycles. The van der Waals surface area contributed by atoms with Crippen molar-refractivity contribution in [3.63, 3.8) is 0 Å². The molecule has 5 nitrogen and oxygen atoms in total. The number of nitrogens with one attached hydrogen (secondary N) is 1. The highest BCUT2D eigenvalue weighted by Crippen LogP contribution is 2.23. The summed E-state index contributed by atoms with van der Waals surface area (Å²) in [5.41, 5.74) is 1.81. The van der Waals surface area contributed by atoms with Gasteiger partial charge in [-0.3, -0.25) is 0 Å². The van der Waals surface area contributed by atoms with Crippen LogP contribution in [0, 0.1) is 6.92 Å². The van der Waals surface area contributed by atoms with Crippen LogP contribution in [0.4, 0.5) is 5.82 Å². The normalized spacial score (nSPS) is 10.9. The molecule has 0 amide bonds. The summed E-state index contributed by atoms with van der Waals surface area (Å²) in [4.78, 5) is 8.20. The summed E-state index contributed by atoms with van der Waals surface area (Å²) in [5, 5.41) is 8.56. The second-order valence-corrected chi connectivity index (χ2v) is 5.06. The van der Waals surface area contributed by atoms with Crippen LogP contribution >= 0.6 is 23.2 Å². The average molecular weight is 308 g/mol. The Bertz CT molecular complexity index is 769. The molecular weight excluding hydrogens is 297 g/mol. The van der Waals surface area contributed by atoms with Gasteiger partial charge >= 0.3 is 0 Å². The molecule has 2 heterocycles. The molecule has 0 radical (unpaired) electrons. The fraction of sp³-hybridized carbons (Fsp3) is 0.154.